The first-order valence-electron chi connectivity index (χ1n) is 11.1. The normalized spacial score (nSPS) is 11.2. The fourth-order valence-corrected chi connectivity index (χ4v) is 4.15. The number of carbonyl (C=O) groups is 1. The van der Waals surface area contributed by atoms with Crippen molar-refractivity contribution >= 4 is 34.9 Å². The molecule has 10 heteroatoms. The highest BCUT2D eigenvalue weighted by Crippen LogP contribution is 2.30. The second kappa shape index (κ2) is 11.0. The maximum absolute atomic E-state index is 13.6. The van der Waals surface area contributed by atoms with Crippen molar-refractivity contribution in [2.75, 3.05) is 4.90 Å². The molecule has 5 nitrogen and oxygen atoms in total. The molecule has 0 saturated heterocycles. The van der Waals surface area contributed by atoms with E-state index >= 15 is 0 Å². The molecule has 37 heavy (non-hydrogen) atoms. The van der Waals surface area contributed by atoms with Crippen LogP contribution in [-0.4, -0.2) is 21.8 Å². The Balaban J connectivity index is 0.00000380. The minimum atomic E-state index is -4.84. The molecule has 2 heterocycles. The predicted octanol–water partition coefficient (Wildman–Crippen LogP) is 7.15. The zero-order valence-corrected chi connectivity index (χ0v) is 20.9. The standard InChI is InChI=1S/C27H23F4N3O2.ClH/c1-4-15-33-18(3)17(2)23-13-14-32-24(25(23)33)16-34(21-9-7-20(28)8-10-21)26(35)19-5-11-22(12-6-19)36-27(29,30)31;/h4-14H,1,15-16H2,2-3H3;1H. The number of nitrogens with zero attached hydrogens (tertiary/aromatic N) is 3. The maximum atomic E-state index is 13.6. The first-order valence-corrected chi connectivity index (χ1v) is 11.1. The van der Waals surface area contributed by atoms with E-state index in [0.29, 0.717) is 17.9 Å². The minimum Gasteiger partial charge on any atom is -0.406 e. The third-order valence-electron chi connectivity index (χ3n) is 5.96. The van der Waals surface area contributed by atoms with E-state index in [1.807, 2.05) is 19.9 Å². The lowest BCUT2D eigenvalue weighted by atomic mass is 10.1. The van der Waals surface area contributed by atoms with Crippen LogP contribution < -0.4 is 9.64 Å². The van der Waals surface area contributed by atoms with Gasteiger partial charge in [-0.2, -0.15) is 0 Å². The summed E-state index contributed by atoms with van der Waals surface area (Å²) in [5.74, 6) is -1.40. The number of allylic oxidation sites excluding steroid dienone is 1. The van der Waals surface area contributed by atoms with Crippen molar-refractivity contribution in [3.63, 3.8) is 0 Å². The Morgan fingerprint density at radius 1 is 1.08 bits per heavy atom. The van der Waals surface area contributed by atoms with Crippen molar-refractivity contribution in [2.45, 2.75) is 33.3 Å². The van der Waals surface area contributed by atoms with Crippen LogP contribution >= 0.6 is 12.4 Å². The molecule has 0 aliphatic carbocycles. The molecular formula is C27H24ClF4N3O2. The average Bonchev–Trinajstić information content (AvgIpc) is 3.08. The summed E-state index contributed by atoms with van der Waals surface area (Å²) in [5, 5.41) is 0.986. The number of hydrogen-bond donors (Lipinski definition) is 0. The summed E-state index contributed by atoms with van der Waals surface area (Å²) in [6.45, 7) is 8.43. The summed E-state index contributed by atoms with van der Waals surface area (Å²) in [5.41, 5.74) is 4.12. The van der Waals surface area contributed by atoms with Crippen molar-refractivity contribution in [1.29, 1.82) is 0 Å². The van der Waals surface area contributed by atoms with Crippen molar-refractivity contribution < 1.29 is 27.1 Å². The Morgan fingerprint density at radius 2 is 1.73 bits per heavy atom. The lowest BCUT2D eigenvalue weighted by molar-refractivity contribution is -0.274. The van der Waals surface area contributed by atoms with E-state index in [1.54, 1.807) is 12.3 Å². The smallest absolute Gasteiger partial charge is 0.406 e. The third kappa shape index (κ3) is 5.94. The molecule has 4 aromatic rings. The molecule has 194 valence electrons. The number of carbonyl (C=O) groups excluding carboxylic acids is 1. The number of fused-ring (bicyclic) bond motifs is 1. The quantitative estimate of drug-likeness (QED) is 0.187. The predicted molar refractivity (Wildman–Crippen MR) is 137 cm³/mol. The van der Waals surface area contributed by atoms with Gasteiger partial charge in [-0.25, -0.2) is 4.39 Å². The van der Waals surface area contributed by atoms with Crippen LogP contribution in [-0.2, 0) is 13.1 Å². The molecule has 0 spiro atoms. The summed E-state index contributed by atoms with van der Waals surface area (Å²) in [6.07, 6.45) is -1.40. The molecule has 0 saturated carbocycles. The molecule has 0 atom stereocenters. The van der Waals surface area contributed by atoms with Gasteiger partial charge in [-0.05, 0) is 74.0 Å². The van der Waals surface area contributed by atoms with Gasteiger partial charge in [0.15, 0.2) is 0 Å². The topological polar surface area (TPSA) is 47.4 Å². The van der Waals surface area contributed by atoms with Crippen molar-refractivity contribution in [1.82, 2.24) is 9.55 Å². The Bertz CT molecular complexity index is 1420. The van der Waals surface area contributed by atoms with E-state index < -0.39 is 23.8 Å². The van der Waals surface area contributed by atoms with Crippen LogP contribution in [0.3, 0.4) is 0 Å². The van der Waals surface area contributed by atoms with Gasteiger partial charge in [0.1, 0.15) is 11.6 Å². The number of amides is 1. The number of aryl methyl sites for hydroxylation is 1. The van der Waals surface area contributed by atoms with Crippen LogP contribution in [0.25, 0.3) is 10.9 Å². The molecule has 0 radical (unpaired) electrons. The zero-order chi connectivity index (χ0) is 26.0. The van der Waals surface area contributed by atoms with Gasteiger partial charge in [0.2, 0.25) is 0 Å². The Kier molecular flexibility index (Phi) is 8.28. The maximum Gasteiger partial charge on any atom is 0.573 e. The van der Waals surface area contributed by atoms with Crippen molar-refractivity contribution in [3.05, 3.63) is 102 Å². The molecule has 4 rings (SSSR count). The highest BCUT2D eigenvalue weighted by Gasteiger charge is 2.31. The molecule has 0 bridgehead atoms. The SMILES string of the molecule is C=CCn1c(C)c(C)c2ccnc(CN(C(=O)c3ccc(OC(F)(F)F)cc3)c3ccc(F)cc3)c21.Cl. The number of aromatic nitrogens is 2. The van der Waals surface area contributed by atoms with Crippen LogP contribution in [0, 0.1) is 19.7 Å². The van der Waals surface area contributed by atoms with Gasteiger partial charge in [-0.3, -0.25) is 9.78 Å². The van der Waals surface area contributed by atoms with Gasteiger partial charge in [0.25, 0.3) is 5.91 Å². The number of hydrogen-bond acceptors (Lipinski definition) is 3. The number of rotatable bonds is 7. The van der Waals surface area contributed by atoms with E-state index in [2.05, 4.69) is 20.9 Å². The summed E-state index contributed by atoms with van der Waals surface area (Å²) >= 11 is 0. The highest BCUT2D eigenvalue weighted by molar-refractivity contribution is 6.06. The van der Waals surface area contributed by atoms with Crippen molar-refractivity contribution in [2.24, 2.45) is 0 Å². The summed E-state index contributed by atoms with van der Waals surface area (Å²) in [7, 11) is 0. The lowest BCUT2D eigenvalue weighted by Gasteiger charge is -2.24. The van der Waals surface area contributed by atoms with Gasteiger partial charge < -0.3 is 14.2 Å². The Labute approximate surface area is 217 Å². The van der Waals surface area contributed by atoms with E-state index in [4.69, 9.17) is 0 Å². The van der Waals surface area contributed by atoms with Crippen LogP contribution in [0.1, 0.15) is 27.3 Å². The van der Waals surface area contributed by atoms with Gasteiger partial charge in [0, 0.05) is 35.1 Å². The van der Waals surface area contributed by atoms with Crippen LogP contribution in [0.2, 0.25) is 0 Å². The van der Waals surface area contributed by atoms with E-state index in [9.17, 15) is 22.4 Å². The molecule has 0 aliphatic rings. The third-order valence-corrected chi connectivity index (χ3v) is 5.96. The number of pyridine rings is 1. The fourth-order valence-electron chi connectivity index (χ4n) is 4.15. The number of ether oxygens (including phenoxy) is 1. The Hall–Kier alpha value is -3.85. The van der Waals surface area contributed by atoms with Crippen LogP contribution in [0.15, 0.2) is 73.4 Å². The van der Waals surface area contributed by atoms with Crippen LogP contribution in [0.5, 0.6) is 5.75 Å². The first kappa shape index (κ1) is 27.7. The van der Waals surface area contributed by atoms with E-state index in [-0.39, 0.29) is 24.5 Å². The van der Waals surface area contributed by atoms with Crippen molar-refractivity contribution in [3.8, 4) is 5.75 Å². The molecule has 0 fully saturated rings. The van der Waals surface area contributed by atoms with Gasteiger partial charge in [0.05, 0.1) is 17.8 Å². The average molecular weight is 534 g/mol. The summed E-state index contributed by atoms with van der Waals surface area (Å²) < 4.78 is 57.2. The second-order valence-electron chi connectivity index (χ2n) is 8.20. The number of halogens is 5. The fraction of sp³-hybridized carbons (Fsp3) is 0.185. The number of anilines is 1. The summed E-state index contributed by atoms with van der Waals surface area (Å²) in [6, 6.07) is 12.0. The Morgan fingerprint density at radius 3 is 2.32 bits per heavy atom. The molecule has 2 aromatic carbocycles. The molecular weight excluding hydrogens is 510 g/mol. The summed E-state index contributed by atoms with van der Waals surface area (Å²) in [4.78, 5) is 19.5. The zero-order valence-electron chi connectivity index (χ0n) is 20.1. The van der Waals surface area contributed by atoms with Gasteiger partial charge in [-0.15, -0.1) is 32.2 Å². The number of alkyl halides is 3. The lowest BCUT2D eigenvalue weighted by Crippen LogP contribution is -2.31. The van der Waals surface area contributed by atoms with E-state index in [1.165, 1.54) is 41.3 Å². The molecule has 0 N–H and O–H groups in total. The molecule has 0 aliphatic heterocycles. The highest BCUT2D eigenvalue weighted by atomic mass is 35.5. The van der Waals surface area contributed by atoms with Crippen LogP contribution in [0.4, 0.5) is 23.2 Å². The van der Waals surface area contributed by atoms with Gasteiger partial charge >= 0.3 is 6.36 Å². The van der Waals surface area contributed by atoms with E-state index in [0.717, 1.165) is 34.3 Å². The van der Waals surface area contributed by atoms with Gasteiger partial charge in [-0.1, -0.05) is 6.08 Å². The monoisotopic (exact) mass is 533 g/mol. The second-order valence-corrected chi connectivity index (χ2v) is 8.20. The minimum absolute atomic E-state index is 0. The molecule has 1 amide bonds. The largest absolute Gasteiger partial charge is 0.573 e. The molecule has 0 unspecified atom stereocenters. The molecule has 2 aromatic heterocycles. The number of benzene rings is 2. The first-order chi connectivity index (χ1) is 17.1.